The molecule has 13 nitrogen and oxygen atoms in total. The molecule has 15 heteroatoms. The van der Waals surface area contributed by atoms with E-state index in [4.69, 9.17) is 28.4 Å². The van der Waals surface area contributed by atoms with E-state index in [9.17, 15) is 24.0 Å². The van der Waals surface area contributed by atoms with Crippen LogP contribution in [-0.2, 0) is 42.8 Å². The summed E-state index contributed by atoms with van der Waals surface area (Å²) in [4.78, 5) is 69.1. The molecule has 0 radical (unpaired) electrons. The van der Waals surface area contributed by atoms with E-state index in [0.29, 0.717) is 6.42 Å². The van der Waals surface area contributed by atoms with Gasteiger partial charge in [-0.3, -0.25) is 14.2 Å². The molecule has 0 bridgehead atoms. The number of nitrogens with zero attached hydrogens (tertiary/aromatic N) is 2. The van der Waals surface area contributed by atoms with Crippen molar-refractivity contribution in [1.29, 1.82) is 0 Å². The van der Waals surface area contributed by atoms with Crippen molar-refractivity contribution in [2.24, 2.45) is 11.8 Å². The summed E-state index contributed by atoms with van der Waals surface area (Å²) in [5.41, 5.74) is -6.24. The van der Waals surface area contributed by atoms with Gasteiger partial charge in [0.05, 0.1) is 46.4 Å². The lowest BCUT2D eigenvalue weighted by atomic mass is 9.76. The summed E-state index contributed by atoms with van der Waals surface area (Å²) in [6.45, 7) is 12.0. The number of ketones is 2. The number of Topliss-reactive ketones (excluding diaryl/α,β-unsaturated/α-hetero) is 2. The Bertz CT molecular complexity index is 1470. The third-order valence-corrected chi connectivity index (χ3v) is 10.2. The minimum Gasteiger partial charge on any atom is -0.455 e. The van der Waals surface area contributed by atoms with Gasteiger partial charge in [-0.15, -0.1) is 0 Å². The maximum atomic E-state index is 16.7. The number of carbonyl (C=O) groups excluding carboxylic acids is 5. The molecule has 1 aromatic rings. The predicted molar refractivity (Wildman–Crippen MR) is 192 cm³/mol. The van der Waals surface area contributed by atoms with Crippen molar-refractivity contribution in [1.82, 2.24) is 9.47 Å². The number of aromatic nitrogens is 1. The molecule has 0 N–H and O–H groups in total. The van der Waals surface area contributed by atoms with E-state index in [1.165, 1.54) is 62.0 Å². The van der Waals surface area contributed by atoms with E-state index in [1.807, 2.05) is 25.9 Å². The van der Waals surface area contributed by atoms with Crippen molar-refractivity contribution in [3.8, 4) is 0 Å². The number of alkyl halides is 1. The molecule has 0 saturated carbocycles. The van der Waals surface area contributed by atoms with E-state index in [1.54, 1.807) is 39.8 Å². The van der Waals surface area contributed by atoms with Crippen molar-refractivity contribution < 1.29 is 56.8 Å². The van der Waals surface area contributed by atoms with E-state index in [0.717, 1.165) is 11.5 Å². The lowest BCUT2D eigenvalue weighted by Crippen LogP contribution is -2.61. The second-order valence-corrected chi connectivity index (χ2v) is 15.3. The number of cyclic esters (lactones) is 1. The second-order valence-electron chi connectivity index (χ2n) is 14.4. The molecule has 1 aromatic heterocycles. The van der Waals surface area contributed by atoms with Crippen molar-refractivity contribution in [2.75, 3.05) is 21.2 Å². The van der Waals surface area contributed by atoms with Gasteiger partial charge < -0.3 is 33.3 Å². The molecule has 0 aromatic carbocycles. The normalized spacial score (nSPS) is 38.3. The van der Waals surface area contributed by atoms with Crippen molar-refractivity contribution in [3.63, 3.8) is 0 Å². The number of esters is 1. The maximum absolute atomic E-state index is 16.7. The van der Waals surface area contributed by atoms with E-state index in [-0.39, 0.29) is 36.3 Å². The molecule has 51 heavy (non-hydrogen) atoms. The van der Waals surface area contributed by atoms with Crippen LogP contribution in [0.15, 0.2) is 36.2 Å². The minimum absolute atomic E-state index is 0.0309. The summed E-state index contributed by atoms with van der Waals surface area (Å²) in [6, 6.07) is 2.88. The van der Waals surface area contributed by atoms with Gasteiger partial charge in [0.15, 0.2) is 29.6 Å². The zero-order chi connectivity index (χ0) is 38.6. The molecule has 286 valence electrons. The van der Waals surface area contributed by atoms with Crippen molar-refractivity contribution in [2.45, 2.75) is 128 Å². The van der Waals surface area contributed by atoms with Crippen molar-refractivity contribution in [3.05, 3.63) is 36.2 Å². The second kappa shape index (κ2) is 16.9. The van der Waals surface area contributed by atoms with Gasteiger partial charge in [0.25, 0.3) is 5.67 Å². The van der Waals surface area contributed by atoms with Gasteiger partial charge in [-0.25, -0.2) is 18.8 Å². The Balaban J connectivity index is 2.18. The fraction of sp³-hybridized carbons (Fsp3) is 0.694. The average Bonchev–Trinajstić information content (AvgIpc) is 3.60. The molecule has 3 heterocycles. The number of rotatable bonds is 7. The van der Waals surface area contributed by atoms with Gasteiger partial charge in [-0.1, -0.05) is 20.8 Å². The van der Waals surface area contributed by atoms with Crippen LogP contribution in [0.1, 0.15) is 74.7 Å². The number of ether oxygens (including phenoxy) is 6. The molecular formula is C36H52FIN2O11. The van der Waals surface area contributed by atoms with Crippen LogP contribution in [0.3, 0.4) is 0 Å². The first-order valence-electron chi connectivity index (χ1n) is 17.0. The van der Waals surface area contributed by atoms with Crippen LogP contribution in [-0.4, -0.2) is 112 Å². The number of carbonyl (C=O) groups is 5. The summed E-state index contributed by atoms with van der Waals surface area (Å²) >= 11 is 1.51. The highest BCUT2D eigenvalue weighted by atomic mass is 127. The Morgan fingerprint density at radius 2 is 1.71 bits per heavy atom. The number of methoxy groups -OCH3 is 1. The summed E-state index contributed by atoms with van der Waals surface area (Å²) in [5.74, 6) is -5.20. The molecule has 2 aliphatic heterocycles. The number of hydrogen-bond donors (Lipinski definition) is 0. The standard InChI is InChI=1S/C36H52FIN2O11/c1-12-25-34(6,51-33(45)40-15-13-14-16-40)18-20(2)26(41)21(3)19-35(7,46-11)29(23(5)28(42)36(8,37)31(43)48-25)50-30-27(49-32(38)44)24(39(9)10)17-22(4)47-30/h13-16,18,21-25,27,29-30H,12,17,19H2,1-11H3/b20-18+/t21-,22-,23+,24+,25?,27-,29-,30?,34+,35-,36+/m1/s1. The number of halogens is 2. The Kier molecular flexibility index (Phi) is 14.2. The molecule has 11 atom stereocenters. The van der Waals surface area contributed by atoms with Crippen molar-refractivity contribution >= 4 is 50.2 Å². The smallest absolute Gasteiger partial charge is 0.418 e. The van der Waals surface area contributed by atoms with Crippen LogP contribution in [0.4, 0.5) is 14.0 Å². The molecule has 1 fully saturated rings. The minimum atomic E-state index is -3.21. The molecule has 2 aliphatic rings. The zero-order valence-corrected chi connectivity index (χ0v) is 33.4. The first kappa shape index (κ1) is 42.7. The molecule has 0 aliphatic carbocycles. The van der Waals surface area contributed by atoms with Crippen LogP contribution in [0, 0.1) is 11.8 Å². The lowest BCUT2D eigenvalue weighted by molar-refractivity contribution is -0.293. The Morgan fingerprint density at radius 3 is 2.24 bits per heavy atom. The van der Waals surface area contributed by atoms with Gasteiger partial charge in [0.1, 0.15) is 6.10 Å². The molecule has 3 rings (SSSR count). The number of likely N-dealkylation sites (N-methyl/N-ethyl adjacent to an activating group) is 1. The van der Waals surface area contributed by atoms with Crippen LogP contribution >= 0.6 is 22.6 Å². The third-order valence-electron chi connectivity index (χ3n) is 9.97. The monoisotopic (exact) mass is 834 g/mol. The zero-order valence-electron chi connectivity index (χ0n) is 31.3. The van der Waals surface area contributed by atoms with Crippen LogP contribution in [0.5, 0.6) is 0 Å². The van der Waals surface area contributed by atoms with E-state index in [2.05, 4.69) is 0 Å². The van der Waals surface area contributed by atoms with Gasteiger partial charge in [0, 0.05) is 31.3 Å². The Morgan fingerprint density at radius 1 is 1.10 bits per heavy atom. The van der Waals surface area contributed by atoms with E-state index < -0.39 is 75.1 Å². The van der Waals surface area contributed by atoms with E-state index >= 15 is 4.39 Å². The first-order valence-corrected chi connectivity index (χ1v) is 18.1. The SMILES string of the molecule is CCC1OC(=O)[C@@](C)(F)C(=O)[C@H](C)[C@@H](OC2O[C@H](C)C[C@H](N(C)C)[C@H]2OC(=O)I)[C@](C)(OC)C[C@@H](C)C(=O)/C(C)=C/[C@]1(C)OC(=O)n1cccc1. The molecule has 0 amide bonds. The Labute approximate surface area is 313 Å². The maximum Gasteiger partial charge on any atom is 0.418 e. The van der Waals surface area contributed by atoms with Gasteiger partial charge in [-0.2, -0.15) is 0 Å². The summed E-state index contributed by atoms with van der Waals surface area (Å²) in [6.07, 6.45) is -1.22. The summed E-state index contributed by atoms with van der Waals surface area (Å²) in [5, 5.41) is 0. The quantitative estimate of drug-likeness (QED) is 0.107. The lowest BCUT2D eigenvalue weighted by Gasteiger charge is -2.47. The summed E-state index contributed by atoms with van der Waals surface area (Å²) in [7, 11) is 5.01. The van der Waals surface area contributed by atoms with Crippen LogP contribution < -0.4 is 0 Å². The first-order chi connectivity index (χ1) is 23.6. The molecule has 2 unspecified atom stereocenters. The fourth-order valence-corrected chi connectivity index (χ4v) is 7.40. The summed E-state index contributed by atoms with van der Waals surface area (Å²) < 4.78 is 53.2. The number of hydrogen-bond acceptors (Lipinski definition) is 12. The van der Waals surface area contributed by atoms with Crippen LogP contribution in [0.2, 0.25) is 0 Å². The highest BCUT2D eigenvalue weighted by molar-refractivity contribution is 14.1. The average molecular weight is 835 g/mol. The predicted octanol–water partition coefficient (Wildman–Crippen LogP) is 5.84. The number of allylic oxidation sites excluding steroid dienone is 1. The highest BCUT2D eigenvalue weighted by Crippen LogP contribution is 2.39. The molecule has 1 saturated heterocycles. The Hall–Kier alpha value is -2.73. The van der Waals surface area contributed by atoms with Gasteiger partial charge in [-0.05, 0) is 91.8 Å². The molecule has 0 spiro atoms. The fourth-order valence-electron chi connectivity index (χ4n) is 7.11. The highest BCUT2D eigenvalue weighted by Gasteiger charge is 2.55. The topological polar surface area (TPSA) is 149 Å². The largest absolute Gasteiger partial charge is 0.455 e. The van der Waals surface area contributed by atoms with Crippen LogP contribution in [0.25, 0.3) is 0 Å². The van der Waals surface area contributed by atoms with Gasteiger partial charge in [0.2, 0.25) is 0 Å². The van der Waals surface area contributed by atoms with Gasteiger partial charge >= 0.3 is 16.0 Å². The third kappa shape index (κ3) is 9.64. The molecular weight excluding hydrogens is 782 g/mol.